The smallest absolute Gasteiger partial charge is 0.455 e. The molecule has 34 nitrogen and oxygen atoms in total. The number of aryl methyl sites for hydroxylation is 2. The Morgan fingerprint density at radius 3 is 1.25 bits per heavy atom. The molecule has 15 rings (SSSR count). The molecule has 2 aliphatic carbocycles. The third-order valence-electron chi connectivity index (χ3n) is 24.3. The number of hydrogen-bond donors (Lipinski definition) is 8. The highest BCUT2D eigenvalue weighted by Gasteiger charge is 2.59. The maximum Gasteiger partial charge on any atom is 0.455 e. The van der Waals surface area contributed by atoms with E-state index >= 15 is 0 Å². The number of fused-ring (bicyclic) bond motifs is 4. The second-order valence-corrected chi connectivity index (χ2v) is 37.2. The van der Waals surface area contributed by atoms with Gasteiger partial charge in [0.2, 0.25) is 59.2 Å². The molecule has 4 aliphatic heterocycles. The predicted molar refractivity (Wildman–Crippen MR) is 515 cm³/mol. The number of nitrogens with zero attached hydrogens (tertiary/aromatic N) is 16. The number of carbonyl (C=O) groups is 8. The molecule has 0 spiro atoms. The van der Waals surface area contributed by atoms with Crippen molar-refractivity contribution in [1.29, 1.82) is 0 Å². The predicted octanol–water partition coefficient (Wildman–Crippen LogP) is 16.5. The van der Waals surface area contributed by atoms with Crippen LogP contribution in [0.2, 0.25) is 5.02 Å². The van der Waals surface area contributed by atoms with Crippen LogP contribution in [0.1, 0.15) is 152 Å². The van der Waals surface area contributed by atoms with E-state index < -0.39 is 52.8 Å². The highest BCUT2D eigenvalue weighted by molar-refractivity contribution is 6.31. The third-order valence-corrected chi connectivity index (χ3v) is 24.5. The second kappa shape index (κ2) is 40.5. The van der Waals surface area contributed by atoms with E-state index in [2.05, 4.69) is 77.3 Å². The monoisotopic (exact) mass is 1880 g/mol. The molecule has 5 aromatic carbocycles. The van der Waals surface area contributed by atoms with Gasteiger partial charge >= 0.3 is 12.1 Å². The number of methoxy groups -OCH3 is 2. The van der Waals surface area contributed by atoms with Crippen molar-refractivity contribution in [2.75, 3.05) is 160 Å². The number of hydrogen-bond acceptors (Lipinski definition) is 26. The first kappa shape index (κ1) is 100. The third kappa shape index (κ3) is 22.6. The lowest BCUT2D eigenvalue weighted by molar-refractivity contribution is -0.277. The van der Waals surface area contributed by atoms with Gasteiger partial charge in [0.05, 0.1) is 78.6 Å². The fourth-order valence-electron chi connectivity index (χ4n) is 17.1. The van der Waals surface area contributed by atoms with E-state index in [1.807, 2.05) is 115 Å². The van der Waals surface area contributed by atoms with Crippen molar-refractivity contribution >= 4 is 168 Å². The van der Waals surface area contributed by atoms with Crippen molar-refractivity contribution < 1.29 is 69.8 Å². The normalized spacial score (nSPS) is 16.7. The molecule has 8 N–H and O–H groups in total. The Labute approximate surface area is 786 Å². The van der Waals surface area contributed by atoms with Crippen LogP contribution in [-0.2, 0) is 28.8 Å². The highest BCUT2D eigenvalue weighted by atomic mass is 35.5. The van der Waals surface area contributed by atoms with Crippen LogP contribution >= 0.6 is 11.6 Å². The number of anilines is 19. The molecule has 9 aromatic rings. The lowest BCUT2D eigenvalue weighted by Crippen LogP contribution is -2.50. The molecule has 0 radical (unpaired) electrons. The molecule has 8 heterocycles. The minimum atomic E-state index is -5.80. The van der Waals surface area contributed by atoms with Crippen LogP contribution in [0.25, 0.3) is 0 Å². The number of halogens is 6. The van der Waals surface area contributed by atoms with E-state index in [1.165, 1.54) is 99.9 Å². The molecule has 0 atom stereocenters. The average molecular weight is 1880 g/mol. The Balaban J connectivity index is 0.000000162. The fourth-order valence-corrected chi connectivity index (χ4v) is 17.3. The Kier molecular flexibility index (Phi) is 30.0. The first-order valence-corrected chi connectivity index (χ1v) is 44.5. The Morgan fingerprint density at radius 1 is 0.452 bits per heavy atom. The summed E-state index contributed by atoms with van der Waals surface area (Å²) in [6.07, 6.45) is 9.69. The first-order valence-electron chi connectivity index (χ1n) is 44.1. The summed E-state index contributed by atoms with van der Waals surface area (Å²) in [5, 5.41) is 23.9. The maximum atomic E-state index is 14.1. The first-order chi connectivity index (χ1) is 63.6. The summed E-state index contributed by atoms with van der Waals surface area (Å²) in [5.74, 6) is -2.64. The lowest BCUT2D eigenvalue weighted by Gasteiger charge is -2.34. The number of rotatable bonds is 19. The lowest BCUT2D eigenvalue weighted by atomic mass is 9.91. The molecular weight excluding hydrogens is 1770 g/mol. The zero-order valence-corrected chi connectivity index (χ0v) is 80.2. The van der Waals surface area contributed by atoms with Gasteiger partial charge < -0.3 is 91.2 Å². The molecule has 6 aliphatic rings. The topological polar surface area (TPSA) is 380 Å². The van der Waals surface area contributed by atoms with Crippen molar-refractivity contribution in [3.05, 3.63) is 149 Å². The molecule has 135 heavy (non-hydrogen) atoms. The molecule has 8 amide bonds. The number of alkyl halides is 5. The zero-order valence-electron chi connectivity index (χ0n) is 79.4. The van der Waals surface area contributed by atoms with E-state index in [0.29, 0.717) is 100 Å². The largest absolute Gasteiger partial charge is 0.495 e. The van der Waals surface area contributed by atoms with Gasteiger partial charge in [-0.2, -0.15) is 41.9 Å². The van der Waals surface area contributed by atoms with Gasteiger partial charge in [0.15, 0.2) is 23.3 Å². The molecule has 40 heteroatoms. The molecule has 4 aromatic heterocycles. The van der Waals surface area contributed by atoms with Gasteiger partial charge in [0, 0.05) is 139 Å². The van der Waals surface area contributed by atoms with Gasteiger partial charge in [-0.25, -0.2) is 19.9 Å². The summed E-state index contributed by atoms with van der Waals surface area (Å²) < 4.78 is 78.0. The van der Waals surface area contributed by atoms with Crippen molar-refractivity contribution in [1.82, 2.24) is 50.5 Å². The number of carbonyl (C=O) groups excluding carboxylic acids is 8. The number of amides is 8. The zero-order chi connectivity index (χ0) is 98.5. The van der Waals surface area contributed by atoms with E-state index in [-0.39, 0.29) is 64.6 Å². The molecule has 0 bridgehead atoms. The van der Waals surface area contributed by atoms with E-state index in [1.54, 1.807) is 85.7 Å². The van der Waals surface area contributed by atoms with Crippen LogP contribution in [0.4, 0.5) is 132 Å². The second-order valence-electron chi connectivity index (χ2n) is 36.8. The number of aromatic nitrogens is 8. The van der Waals surface area contributed by atoms with Crippen molar-refractivity contribution in [3.63, 3.8) is 0 Å². The van der Waals surface area contributed by atoms with E-state index in [9.17, 15) is 60.3 Å². The summed E-state index contributed by atoms with van der Waals surface area (Å²) in [5.41, 5.74) is 6.50. The van der Waals surface area contributed by atoms with Gasteiger partial charge in [-0.1, -0.05) is 55.5 Å². The highest BCUT2D eigenvalue weighted by Crippen LogP contribution is 2.48. The van der Waals surface area contributed by atoms with Gasteiger partial charge in [0.1, 0.15) is 34.2 Å². The Morgan fingerprint density at radius 2 is 0.830 bits per heavy atom. The SMILES string of the molecule is CC(=O)Nc1cc(Nc2ncc3c(n2)N(C2CCCC2)CC(C)(C)C(=O)N3C)ccc1C.CC(=O)Nc1ccc(C)c(Nc2ncc3c(n2)N(C2CCCC2)CC(C)(C)C(=O)N3C)c1.CNC(=O)c1ccc(Nc2ncc3c(n2)N(CC(F)(F)C(F)(F)F)CC(C)(C)C(=O)N3C)c(OC)c1.CNC(=O)c1ccc(Nc2ncc3c(n2)N(c2cccc(Cl)c2)CC(C)(C)C(=O)N3C)c(OC)c1. The summed E-state index contributed by atoms with van der Waals surface area (Å²) in [7, 11) is 12.6. The summed E-state index contributed by atoms with van der Waals surface area (Å²) in [6, 6.07) is 29.1. The minimum absolute atomic E-state index is 0.0315. The van der Waals surface area contributed by atoms with Gasteiger partial charge in [-0.3, -0.25) is 38.4 Å². The quantitative estimate of drug-likeness (QED) is 0.0349. The maximum absolute atomic E-state index is 14.1. The number of nitrogens with one attached hydrogen (secondary N) is 8. The Hall–Kier alpha value is -13.9. The van der Waals surface area contributed by atoms with Crippen molar-refractivity contribution in [2.45, 2.75) is 159 Å². The van der Waals surface area contributed by atoms with Crippen molar-refractivity contribution in [3.8, 4) is 11.5 Å². The van der Waals surface area contributed by atoms with E-state index in [4.69, 9.17) is 36.0 Å². The Bertz CT molecular complexity index is 5990. The number of ether oxygens (including phenoxy) is 2. The van der Waals surface area contributed by atoms with Gasteiger partial charge in [0.25, 0.3) is 11.8 Å². The van der Waals surface area contributed by atoms with Gasteiger partial charge in [-0.05, 0) is 185 Å². The van der Waals surface area contributed by atoms with Crippen molar-refractivity contribution in [2.24, 2.45) is 21.7 Å². The van der Waals surface area contributed by atoms with Crippen LogP contribution < -0.4 is 91.2 Å². The van der Waals surface area contributed by atoms with Crippen LogP contribution in [0.15, 0.2) is 122 Å². The van der Waals surface area contributed by atoms with Crippen LogP contribution in [0, 0.1) is 35.5 Å². The number of benzene rings is 5. The molecule has 718 valence electrons. The summed E-state index contributed by atoms with van der Waals surface area (Å²) in [6.45, 7) is 21.1. The summed E-state index contributed by atoms with van der Waals surface area (Å²) >= 11 is 6.29. The van der Waals surface area contributed by atoms with Crippen LogP contribution in [0.3, 0.4) is 0 Å². The average Bonchev–Trinajstić information content (AvgIpc) is 1.65. The van der Waals surface area contributed by atoms with Crippen LogP contribution in [0.5, 0.6) is 11.5 Å². The molecular formula is C95H116ClF5N24O10. The molecule has 0 saturated heterocycles. The molecule has 0 unspecified atom stereocenters. The fraction of sp³-hybridized carbons (Fsp3) is 0.432. The van der Waals surface area contributed by atoms with Crippen LogP contribution in [-0.4, -0.2) is 201 Å². The molecule has 2 saturated carbocycles. The summed E-state index contributed by atoms with van der Waals surface area (Å²) in [4.78, 5) is 149. The molecule has 2 fully saturated rings. The minimum Gasteiger partial charge on any atom is -0.495 e. The van der Waals surface area contributed by atoms with E-state index in [0.717, 1.165) is 98.6 Å². The standard InChI is InChI=1S/C25H27ClN6O3.2C24H32N6O2.C22H25F5N6O3/c1-25(2)14-32(17-8-6-7-16(26)12-17)21-19(31(4)23(25)34)13-28-24(30-21)29-18-10-9-15(22(33)27-3)11-20(18)35-5;1-15-10-11-17(12-19(15)26-16(2)31)27-23-25-13-20-21(28-23)30(18-8-6-7-9-18)14-24(3,4)22(32)29(20)5;1-15-10-11-17(26-16(2)31)12-19(15)27-23-25-13-20-21(28-23)30(18-8-6-7-9-18)14-24(3,4)22(32)29(20)5;1-20(2)10-33(11-21(23,24)22(25,26)27)16-14(32(4)18(20)35)9-29-19(31-16)30-13-7-6-12(17(34)28-3)8-15(13)36-5/h6-13H,14H2,1-5H3,(H,27,33)(H,28,29,30);2*10-13,18H,6-9,14H2,1-5H3,(H,26,31)(H,25,27,28);6-9H,10-11H2,1-5H3,(H,28,34)(H,29,30,31). The van der Waals surface area contributed by atoms with Gasteiger partial charge in [-0.15, -0.1) is 0 Å².